The summed E-state index contributed by atoms with van der Waals surface area (Å²) in [4.78, 5) is 0. The van der Waals surface area contributed by atoms with Crippen molar-refractivity contribution in [3.8, 4) is 5.82 Å². The third-order valence-corrected chi connectivity index (χ3v) is 3.24. The summed E-state index contributed by atoms with van der Waals surface area (Å²) in [5.74, 6) is 0.252. The summed E-state index contributed by atoms with van der Waals surface area (Å²) in [7, 11) is 0. The Kier molecular flexibility index (Phi) is 4.26. The van der Waals surface area contributed by atoms with Gasteiger partial charge in [0.25, 0.3) is 0 Å². The van der Waals surface area contributed by atoms with Gasteiger partial charge in [-0.05, 0) is 24.5 Å². The first-order chi connectivity index (χ1) is 9.92. The molecule has 2 N–H and O–H groups in total. The molecular weight excluding hydrogens is 283 g/mol. The summed E-state index contributed by atoms with van der Waals surface area (Å²) >= 11 is 0. The monoisotopic (exact) mass is 299 g/mol. The second kappa shape index (κ2) is 5.80. The van der Waals surface area contributed by atoms with Crippen molar-refractivity contribution in [2.75, 3.05) is 0 Å². The SMILES string of the molecule is CCc1nnc(-n2ccc(C(F)(F)F)n2)c(CN)c1CC. The summed E-state index contributed by atoms with van der Waals surface area (Å²) in [5, 5.41) is 11.6. The molecular formula is C13H16F3N5. The molecule has 114 valence electrons. The first kappa shape index (κ1) is 15.4. The Morgan fingerprint density at radius 3 is 2.33 bits per heavy atom. The smallest absolute Gasteiger partial charge is 0.326 e. The van der Waals surface area contributed by atoms with Crippen molar-refractivity contribution in [2.24, 2.45) is 5.73 Å². The molecule has 0 radical (unpaired) electrons. The highest BCUT2D eigenvalue weighted by Gasteiger charge is 2.34. The third-order valence-electron chi connectivity index (χ3n) is 3.24. The van der Waals surface area contributed by atoms with E-state index in [9.17, 15) is 13.2 Å². The zero-order valence-electron chi connectivity index (χ0n) is 11.8. The van der Waals surface area contributed by atoms with Gasteiger partial charge in [0.15, 0.2) is 11.5 Å². The van der Waals surface area contributed by atoms with Crippen molar-refractivity contribution >= 4 is 0 Å². The van der Waals surface area contributed by atoms with Crippen molar-refractivity contribution in [2.45, 2.75) is 39.4 Å². The first-order valence-electron chi connectivity index (χ1n) is 6.62. The Hall–Kier alpha value is -1.96. The van der Waals surface area contributed by atoms with Gasteiger partial charge in [-0.1, -0.05) is 13.8 Å². The summed E-state index contributed by atoms with van der Waals surface area (Å²) in [5.41, 5.74) is 7.20. The second-order valence-electron chi connectivity index (χ2n) is 4.48. The number of nitrogens with zero attached hydrogens (tertiary/aromatic N) is 4. The van der Waals surface area contributed by atoms with E-state index in [0.29, 0.717) is 18.4 Å². The van der Waals surface area contributed by atoms with Gasteiger partial charge in [0.05, 0.1) is 5.69 Å². The fourth-order valence-electron chi connectivity index (χ4n) is 2.23. The Morgan fingerprint density at radius 2 is 1.86 bits per heavy atom. The van der Waals surface area contributed by atoms with Gasteiger partial charge >= 0.3 is 6.18 Å². The van der Waals surface area contributed by atoms with E-state index in [0.717, 1.165) is 22.0 Å². The van der Waals surface area contributed by atoms with Crippen molar-refractivity contribution in [3.05, 3.63) is 34.8 Å². The molecule has 2 rings (SSSR count). The lowest BCUT2D eigenvalue weighted by Crippen LogP contribution is -2.15. The number of rotatable bonds is 4. The van der Waals surface area contributed by atoms with Crippen LogP contribution >= 0.6 is 0 Å². The largest absolute Gasteiger partial charge is 0.435 e. The van der Waals surface area contributed by atoms with E-state index in [1.54, 1.807) is 0 Å². The Morgan fingerprint density at radius 1 is 1.14 bits per heavy atom. The molecule has 0 atom stereocenters. The zero-order valence-corrected chi connectivity index (χ0v) is 11.8. The topological polar surface area (TPSA) is 69.6 Å². The molecule has 2 heterocycles. The molecule has 21 heavy (non-hydrogen) atoms. The van der Waals surface area contributed by atoms with Crippen LogP contribution in [0.2, 0.25) is 0 Å². The minimum atomic E-state index is -4.49. The molecule has 0 saturated heterocycles. The van der Waals surface area contributed by atoms with Crippen LogP contribution < -0.4 is 5.73 Å². The second-order valence-corrected chi connectivity index (χ2v) is 4.48. The Bertz CT molecular complexity index is 633. The van der Waals surface area contributed by atoms with Crippen LogP contribution in [0.3, 0.4) is 0 Å². The average Bonchev–Trinajstić information content (AvgIpc) is 2.95. The number of aryl methyl sites for hydroxylation is 1. The maximum atomic E-state index is 12.6. The molecule has 0 bridgehead atoms. The van der Waals surface area contributed by atoms with Crippen molar-refractivity contribution in [1.29, 1.82) is 0 Å². The van der Waals surface area contributed by atoms with Gasteiger partial charge in [-0.25, -0.2) is 4.68 Å². The van der Waals surface area contributed by atoms with Gasteiger partial charge in [0, 0.05) is 18.3 Å². The predicted octanol–water partition coefficient (Wildman–Crippen LogP) is 2.26. The van der Waals surface area contributed by atoms with Crippen molar-refractivity contribution in [1.82, 2.24) is 20.0 Å². The van der Waals surface area contributed by atoms with E-state index in [1.165, 1.54) is 6.20 Å². The molecule has 2 aromatic rings. The van der Waals surface area contributed by atoms with Gasteiger partial charge in [0.2, 0.25) is 0 Å². The van der Waals surface area contributed by atoms with E-state index in [4.69, 9.17) is 5.73 Å². The molecule has 0 fully saturated rings. The lowest BCUT2D eigenvalue weighted by Gasteiger charge is -2.13. The number of hydrogen-bond donors (Lipinski definition) is 1. The van der Waals surface area contributed by atoms with Crippen LogP contribution in [0.25, 0.3) is 5.82 Å². The fourth-order valence-corrected chi connectivity index (χ4v) is 2.23. The lowest BCUT2D eigenvalue weighted by atomic mass is 10.0. The molecule has 2 aromatic heterocycles. The van der Waals surface area contributed by atoms with E-state index >= 15 is 0 Å². The van der Waals surface area contributed by atoms with E-state index in [-0.39, 0.29) is 12.4 Å². The molecule has 0 unspecified atom stereocenters. The van der Waals surface area contributed by atoms with E-state index in [2.05, 4.69) is 15.3 Å². The van der Waals surface area contributed by atoms with Crippen LogP contribution in [0, 0.1) is 0 Å². The van der Waals surface area contributed by atoms with Crippen LogP contribution in [0.1, 0.15) is 36.4 Å². The molecule has 0 aromatic carbocycles. The summed E-state index contributed by atoms with van der Waals surface area (Å²) in [6.07, 6.45) is -1.89. The van der Waals surface area contributed by atoms with Crippen LogP contribution in [0.15, 0.2) is 12.3 Å². The average molecular weight is 299 g/mol. The molecule has 0 amide bonds. The van der Waals surface area contributed by atoms with Crippen LogP contribution in [-0.4, -0.2) is 20.0 Å². The highest BCUT2D eigenvalue weighted by Crippen LogP contribution is 2.28. The van der Waals surface area contributed by atoms with E-state index in [1.807, 2.05) is 13.8 Å². The highest BCUT2D eigenvalue weighted by molar-refractivity contribution is 5.41. The number of halogens is 3. The van der Waals surface area contributed by atoms with Crippen LogP contribution in [0.5, 0.6) is 0 Å². The number of nitrogens with two attached hydrogens (primary N) is 1. The Labute approximate surface area is 120 Å². The first-order valence-corrected chi connectivity index (χ1v) is 6.62. The standard InChI is InChI=1S/C13H16F3N5/c1-3-8-9(7-17)12(19-18-10(8)4-2)21-6-5-11(20-21)13(14,15)16/h5-6H,3-4,7,17H2,1-2H3. The van der Waals surface area contributed by atoms with Gasteiger partial charge < -0.3 is 5.73 Å². The van der Waals surface area contributed by atoms with Gasteiger partial charge in [-0.15, -0.1) is 5.10 Å². The van der Waals surface area contributed by atoms with Gasteiger partial charge in [-0.2, -0.15) is 23.4 Å². The normalized spacial score (nSPS) is 11.9. The quantitative estimate of drug-likeness (QED) is 0.940. The third kappa shape index (κ3) is 2.90. The van der Waals surface area contributed by atoms with Gasteiger partial charge in [0.1, 0.15) is 0 Å². The summed E-state index contributed by atoms with van der Waals surface area (Å²) in [6, 6.07) is 0.904. The molecule has 0 spiro atoms. The Balaban J connectivity index is 2.56. The zero-order chi connectivity index (χ0) is 15.6. The number of alkyl halides is 3. The van der Waals surface area contributed by atoms with Crippen molar-refractivity contribution < 1.29 is 13.2 Å². The lowest BCUT2D eigenvalue weighted by molar-refractivity contribution is -0.141. The minimum Gasteiger partial charge on any atom is -0.326 e. The highest BCUT2D eigenvalue weighted by atomic mass is 19.4. The molecule has 0 aliphatic heterocycles. The maximum Gasteiger partial charge on any atom is 0.435 e. The minimum absolute atomic E-state index is 0.169. The molecule has 0 aliphatic rings. The fraction of sp³-hybridized carbons (Fsp3) is 0.462. The van der Waals surface area contributed by atoms with E-state index < -0.39 is 11.9 Å². The number of aromatic nitrogens is 4. The molecule has 8 heteroatoms. The van der Waals surface area contributed by atoms with Crippen LogP contribution in [-0.2, 0) is 25.6 Å². The molecule has 0 aliphatic carbocycles. The summed E-state index contributed by atoms with van der Waals surface area (Å²) < 4.78 is 39.0. The van der Waals surface area contributed by atoms with Crippen LogP contribution in [0.4, 0.5) is 13.2 Å². The van der Waals surface area contributed by atoms with Crippen molar-refractivity contribution in [3.63, 3.8) is 0 Å². The molecule has 0 saturated carbocycles. The summed E-state index contributed by atoms with van der Waals surface area (Å²) in [6.45, 7) is 4.06. The molecule has 5 nitrogen and oxygen atoms in total. The van der Waals surface area contributed by atoms with Gasteiger partial charge in [-0.3, -0.25) is 0 Å². The number of hydrogen-bond acceptors (Lipinski definition) is 4. The predicted molar refractivity (Wildman–Crippen MR) is 70.8 cm³/mol. The maximum absolute atomic E-state index is 12.6.